The Morgan fingerprint density at radius 3 is 2.33 bits per heavy atom. The molecule has 0 saturated heterocycles. The number of hydrogen-bond donors (Lipinski definition) is 1. The number of aromatic nitrogens is 2. The first kappa shape index (κ1) is 15.4. The molecule has 0 bridgehead atoms. The maximum absolute atomic E-state index is 12.5. The van der Waals surface area contributed by atoms with Crippen molar-refractivity contribution in [2.75, 3.05) is 6.54 Å². The van der Waals surface area contributed by atoms with Gasteiger partial charge in [-0.2, -0.15) is 5.10 Å². The summed E-state index contributed by atoms with van der Waals surface area (Å²) in [6.45, 7) is 6.39. The monoisotopic (exact) mass is 315 g/mol. The van der Waals surface area contributed by atoms with E-state index in [-0.39, 0.29) is 5.78 Å². The molecule has 0 aliphatic carbocycles. The highest BCUT2D eigenvalue weighted by Gasteiger charge is 2.33. The van der Waals surface area contributed by atoms with Gasteiger partial charge in [0, 0.05) is 19.0 Å². The van der Waals surface area contributed by atoms with Crippen molar-refractivity contribution in [1.82, 2.24) is 9.78 Å². The highest BCUT2D eigenvalue weighted by molar-refractivity contribution is 9.10. The van der Waals surface area contributed by atoms with E-state index in [9.17, 15) is 4.79 Å². The van der Waals surface area contributed by atoms with Crippen LogP contribution in [0.5, 0.6) is 0 Å². The maximum Gasteiger partial charge on any atom is 0.146 e. The summed E-state index contributed by atoms with van der Waals surface area (Å²) < 4.78 is 2.70. The third-order valence-electron chi connectivity index (χ3n) is 3.93. The lowest BCUT2D eigenvalue weighted by Crippen LogP contribution is -2.39. The summed E-state index contributed by atoms with van der Waals surface area (Å²) in [5.74, 6) is 0.207. The molecule has 1 aromatic rings. The van der Waals surface area contributed by atoms with Crippen molar-refractivity contribution in [2.45, 2.75) is 40.0 Å². The van der Waals surface area contributed by atoms with Gasteiger partial charge >= 0.3 is 0 Å². The molecule has 0 amide bonds. The number of Topliss-reactive ketones (excluding diaryl/α,β-unsaturated/α-hetero) is 1. The van der Waals surface area contributed by atoms with Gasteiger partial charge in [-0.3, -0.25) is 9.48 Å². The van der Waals surface area contributed by atoms with Gasteiger partial charge < -0.3 is 5.73 Å². The Bertz CT molecular complexity index is 427. The average molecular weight is 316 g/mol. The molecule has 18 heavy (non-hydrogen) atoms. The highest BCUT2D eigenvalue weighted by atomic mass is 79.9. The molecule has 0 atom stereocenters. The normalized spacial score (nSPS) is 11.9. The Balaban J connectivity index is 3.00. The summed E-state index contributed by atoms with van der Waals surface area (Å²) in [6.07, 6.45) is 1.96. The molecular weight excluding hydrogens is 294 g/mol. The van der Waals surface area contributed by atoms with E-state index in [0.717, 1.165) is 28.7 Å². The van der Waals surface area contributed by atoms with Crippen LogP contribution in [0, 0.1) is 12.3 Å². The molecular formula is C13H22BrN3O. The average Bonchev–Trinajstić information content (AvgIpc) is 2.59. The molecule has 4 nitrogen and oxygen atoms in total. The highest BCUT2D eigenvalue weighted by Crippen LogP contribution is 2.30. The van der Waals surface area contributed by atoms with Gasteiger partial charge in [-0.1, -0.05) is 13.8 Å². The molecule has 1 heterocycles. The third kappa shape index (κ3) is 2.67. The first-order valence-electron chi connectivity index (χ1n) is 6.33. The van der Waals surface area contributed by atoms with Gasteiger partial charge in [0.15, 0.2) is 0 Å². The fourth-order valence-corrected chi connectivity index (χ4v) is 2.73. The Morgan fingerprint density at radius 2 is 2.00 bits per heavy atom. The van der Waals surface area contributed by atoms with Crippen molar-refractivity contribution < 1.29 is 4.79 Å². The van der Waals surface area contributed by atoms with Crippen molar-refractivity contribution in [2.24, 2.45) is 18.2 Å². The molecule has 0 unspecified atom stereocenters. The van der Waals surface area contributed by atoms with Crippen LogP contribution in [0.4, 0.5) is 0 Å². The van der Waals surface area contributed by atoms with Crippen LogP contribution in [-0.2, 0) is 18.3 Å². The lowest BCUT2D eigenvalue weighted by atomic mass is 9.77. The maximum atomic E-state index is 12.5. The van der Waals surface area contributed by atoms with Gasteiger partial charge in [0.25, 0.3) is 0 Å². The van der Waals surface area contributed by atoms with E-state index in [1.54, 1.807) is 4.68 Å². The van der Waals surface area contributed by atoms with Crippen LogP contribution in [-0.4, -0.2) is 22.1 Å². The second-order valence-electron chi connectivity index (χ2n) is 4.76. The van der Waals surface area contributed by atoms with Crippen LogP contribution < -0.4 is 5.73 Å². The topological polar surface area (TPSA) is 60.9 Å². The van der Waals surface area contributed by atoms with Crippen molar-refractivity contribution >= 4 is 21.7 Å². The van der Waals surface area contributed by atoms with Crippen LogP contribution in [0.25, 0.3) is 0 Å². The fourth-order valence-electron chi connectivity index (χ4n) is 2.26. The Hall–Kier alpha value is -0.680. The lowest BCUT2D eigenvalue weighted by Gasteiger charge is -2.28. The van der Waals surface area contributed by atoms with E-state index in [0.29, 0.717) is 13.0 Å². The van der Waals surface area contributed by atoms with Crippen molar-refractivity contribution in [3.8, 4) is 0 Å². The van der Waals surface area contributed by atoms with Crippen LogP contribution in [0.2, 0.25) is 0 Å². The number of carbonyl (C=O) groups excluding carboxylic acids is 1. The third-order valence-corrected chi connectivity index (χ3v) is 4.96. The van der Waals surface area contributed by atoms with Crippen LogP contribution in [0.3, 0.4) is 0 Å². The number of hydrogen-bond acceptors (Lipinski definition) is 3. The number of aryl methyl sites for hydroxylation is 2. The molecule has 0 radical (unpaired) electrons. The summed E-state index contributed by atoms with van der Waals surface area (Å²) in [5, 5.41) is 4.31. The van der Waals surface area contributed by atoms with Crippen LogP contribution >= 0.6 is 15.9 Å². The Morgan fingerprint density at radius 1 is 1.44 bits per heavy atom. The first-order chi connectivity index (χ1) is 8.41. The predicted molar refractivity (Wildman–Crippen MR) is 76.4 cm³/mol. The summed E-state index contributed by atoms with van der Waals surface area (Å²) in [6, 6.07) is 0. The second kappa shape index (κ2) is 5.97. The quantitative estimate of drug-likeness (QED) is 0.876. The van der Waals surface area contributed by atoms with Gasteiger partial charge in [0.1, 0.15) is 5.78 Å². The fraction of sp³-hybridized carbons (Fsp3) is 0.692. The van der Waals surface area contributed by atoms with Crippen LogP contribution in [0.15, 0.2) is 4.47 Å². The second-order valence-corrected chi connectivity index (χ2v) is 5.55. The molecule has 0 aromatic carbocycles. The molecule has 0 aliphatic rings. The van der Waals surface area contributed by atoms with Crippen LogP contribution in [0.1, 0.15) is 38.1 Å². The van der Waals surface area contributed by atoms with Gasteiger partial charge in [-0.25, -0.2) is 0 Å². The van der Waals surface area contributed by atoms with Crippen molar-refractivity contribution in [3.63, 3.8) is 0 Å². The molecule has 0 saturated carbocycles. The Kier molecular flexibility index (Phi) is 5.10. The zero-order valence-electron chi connectivity index (χ0n) is 11.6. The predicted octanol–water partition coefficient (Wildman–Crippen LogP) is 2.37. The summed E-state index contributed by atoms with van der Waals surface area (Å²) in [5.41, 5.74) is 7.26. The zero-order valence-corrected chi connectivity index (χ0v) is 13.2. The number of nitrogens with two attached hydrogens (primary N) is 1. The molecule has 102 valence electrons. The first-order valence-corrected chi connectivity index (χ1v) is 7.12. The smallest absolute Gasteiger partial charge is 0.146 e. The van der Waals surface area contributed by atoms with Gasteiger partial charge in [-0.05, 0) is 35.7 Å². The molecule has 1 rings (SSSR count). The summed E-state index contributed by atoms with van der Waals surface area (Å²) >= 11 is 3.50. The molecule has 0 aliphatic heterocycles. The summed E-state index contributed by atoms with van der Waals surface area (Å²) in [7, 11) is 1.86. The minimum Gasteiger partial charge on any atom is -0.329 e. The van der Waals surface area contributed by atoms with E-state index < -0.39 is 5.41 Å². The minimum absolute atomic E-state index is 0.207. The van der Waals surface area contributed by atoms with Gasteiger partial charge in [0.2, 0.25) is 0 Å². The zero-order chi connectivity index (χ0) is 13.9. The number of carbonyl (C=O) groups is 1. The van der Waals surface area contributed by atoms with E-state index >= 15 is 0 Å². The molecule has 0 fully saturated rings. The Labute approximate surface area is 117 Å². The minimum atomic E-state index is -0.391. The molecule has 0 spiro atoms. The lowest BCUT2D eigenvalue weighted by molar-refractivity contribution is -0.128. The number of ketones is 1. The number of halogens is 1. The van der Waals surface area contributed by atoms with Crippen molar-refractivity contribution in [3.05, 3.63) is 15.9 Å². The van der Waals surface area contributed by atoms with E-state index in [1.807, 2.05) is 27.8 Å². The molecule has 2 N–H and O–H groups in total. The van der Waals surface area contributed by atoms with Gasteiger partial charge in [-0.15, -0.1) is 0 Å². The van der Waals surface area contributed by atoms with E-state index in [2.05, 4.69) is 21.0 Å². The molecule has 5 heteroatoms. The number of rotatable bonds is 6. The standard InChI is InChI=1S/C13H22BrN3O/c1-5-13(6-2,8-15)11(18)7-10-12(14)9(3)16-17(10)4/h5-8,15H2,1-4H3. The SMILES string of the molecule is CCC(CC)(CN)C(=O)Cc1c(Br)c(C)nn1C. The van der Waals surface area contributed by atoms with Crippen molar-refractivity contribution in [1.29, 1.82) is 0 Å². The van der Waals surface area contributed by atoms with E-state index in [4.69, 9.17) is 5.73 Å². The van der Waals surface area contributed by atoms with E-state index in [1.165, 1.54) is 0 Å². The largest absolute Gasteiger partial charge is 0.329 e. The summed E-state index contributed by atoms with van der Waals surface area (Å²) in [4.78, 5) is 12.5. The molecule has 1 aromatic heterocycles. The van der Waals surface area contributed by atoms with Gasteiger partial charge in [0.05, 0.1) is 22.3 Å². The number of nitrogens with zero attached hydrogens (tertiary/aromatic N) is 2.